The van der Waals surface area contributed by atoms with Gasteiger partial charge in [-0.3, -0.25) is 4.79 Å². The molecule has 0 saturated heterocycles. The second-order valence-electron chi connectivity index (χ2n) is 7.30. The molecule has 0 N–H and O–H groups in total. The molecule has 0 aromatic rings. The first kappa shape index (κ1) is 13.4. The lowest BCUT2D eigenvalue weighted by atomic mass is 9.66. The van der Waals surface area contributed by atoms with Crippen LogP contribution in [0.4, 0.5) is 0 Å². The summed E-state index contributed by atoms with van der Waals surface area (Å²) in [7, 11) is 0. The van der Waals surface area contributed by atoms with Crippen molar-refractivity contribution in [3.8, 4) is 0 Å². The van der Waals surface area contributed by atoms with E-state index in [-0.39, 0.29) is 5.41 Å². The standard InChI is InChI=1S/C16H25IO/c1-16(2)13(18)9-12-10-7-5-3-4-6-8-11(10)14(16)15(12)17/h10-12,14-15H,3-9H2,1-2H3/t10-,11+,12+,14-,15?/m1/s1. The molecule has 0 radical (unpaired) electrons. The fourth-order valence-corrected chi connectivity index (χ4v) is 7.34. The van der Waals surface area contributed by atoms with Crippen LogP contribution in [0, 0.1) is 29.1 Å². The van der Waals surface area contributed by atoms with E-state index in [4.69, 9.17) is 0 Å². The molecule has 0 aromatic heterocycles. The Kier molecular flexibility index (Phi) is 3.53. The van der Waals surface area contributed by atoms with Crippen molar-refractivity contribution in [2.45, 2.75) is 62.7 Å². The van der Waals surface area contributed by atoms with Gasteiger partial charge in [0.05, 0.1) is 0 Å². The number of rotatable bonds is 0. The highest BCUT2D eigenvalue weighted by Gasteiger charge is 2.59. The minimum absolute atomic E-state index is 0.0546. The quantitative estimate of drug-likeness (QED) is 0.455. The highest BCUT2D eigenvalue weighted by atomic mass is 127. The van der Waals surface area contributed by atoms with Gasteiger partial charge in [-0.25, -0.2) is 0 Å². The van der Waals surface area contributed by atoms with E-state index in [2.05, 4.69) is 36.4 Å². The van der Waals surface area contributed by atoms with Crippen molar-refractivity contribution in [2.75, 3.05) is 0 Å². The Morgan fingerprint density at radius 1 is 1.00 bits per heavy atom. The molecule has 0 amide bonds. The monoisotopic (exact) mass is 360 g/mol. The Hall–Kier alpha value is 0.400. The van der Waals surface area contributed by atoms with Gasteiger partial charge in [-0.2, -0.15) is 0 Å². The van der Waals surface area contributed by atoms with Gasteiger partial charge in [0, 0.05) is 15.8 Å². The summed E-state index contributed by atoms with van der Waals surface area (Å²) in [6, 6.07) is 0. The molecule has 5 atom stereocenters. The van der Waals surface area contributed by atoms with E-state index in [1.165, 1.54) is 38.5 Å². The van der Waals surface area contributed by atoms with E-state index in [1.807, 2.05) is 0 Å². The molecular weight excluding hydrogens is 335 g/mol. The summed E-state index contributed by atoms with van der Waals surface area (Å²) in [6.45, 7) is 4.45. The summed E-state index contributed by atoms with van der Waals surface area (Å²) in [5.41, 5.74) is -0.0546. The number of carbonyl (C=O) groups is 1. The van der Waals surface area contributed by atoms with E-state index in [1.54, 1.807) is 0 Å². The number of hydrogen-bond acceptors (Lipinski definition) is 1. The van der Waals surface area contributed by atoms with Crippen LogP contribution in [-0.4, -0.2) is 9.71 Å². The summed E-state index contributed by atoms with van der Waals surface area (Å²) >= 11 is 2.68. The maximum Gasteiger partial charge on any atom is 0.139 e. The van der Waals surface area contributed by atoms with Crippen LogP contribution in [0.5, 0.6) is 0 Å². The zero-order valence-electron chi connectivity index (χ0n) is 11.6. The molecule has 18 heavy (non-hydrogen) atoms. The van der Waals surface area contributed by atoms with Gasteiger partial charge in [-0.15, -0.1) is 0 Å². The number of halogens is 1. The topological polar surface area (TPSA) is 17.1 Å². The Morgan fingerprint density at radius 3 is 2.28 bits per heavy atom. The van der Waals surface area contributed by atoms with Crippen LogP contribution in [-0.2, 0) is 4.79 Å². The number of fused-ring (bicyclic) bond motifs is 5. The van der Waals surface area contributed by atoms with Crippen molar-refractivity contribution in [1.82, 2.24) is 0 Å². The van der Waals surface area contributed by atoms with Gasteiger partial charge in [-0.1, -0.05) is 62.1 Å². The molecule has 102 valence electrons. The SMILES string of the molecule is CC1(C)C(=O)C[C@@H]2C(I)[C@H]1[C@H]1CCCCCC[C@H]12. The maximum atomic E-state index is 12.4. The molecule has 0 aromatic carbocycles. The number of Topliss-reactive ketones (excluding diaryl/α,β-unsaturated/α-hetero) is 1. The first-order valence-corrected chi connectivity index (χ1v) is 8.95. The molecule has 2 heteroatoms. The molecule has 1 nitrogen and oxygen atoms in total. The third-order valence-electron chi connectivity index (χ3n) is 6.11. The van der Waals surface area contributed by atoms with Crippen molar-refractivity contribution in [1.29, 1.82) is 0 Å². The summed E-state index contributed by atoms with van der Waals surface area (Å²) in [5, 5.41) is 0. The van der Waals surface area contributed by atoms with E-state index in [9.17, 15) is 4.79 Å². The molecular formula is C16H25IO. The van der Waals surface area contributed by atoms with Crippen LogP contribution in [0.2, 0.25) is 0 Å². The molecule has 0 heterocycles. The zero-order valence-corrected chi connectivity index (χ0v) is 13.8. The van der Waals surface area contributed by atoms with Crippen molar-refractivity contribution in [3.63, 3.8) is 0 Å². The van der Waals surface area contributed by atoms with Crippen LogP contribution in [0.15, 0.2) is 0 Å². The van der Waals surface area contributed by atoms with Gasteiger partial charge >= 0.3 is 0 Å². The summed E-state index contributed by atoms with van der Waals surface area (Å²) < 4.78 is 0.753. The molecule has 0 spiro atoms. The van der Waals surface area contributed by atoms with Gasteiger partial charge in [0.1, 0.15) is 5.78 Å². The Bertz CT molecular complexity index is 349. The Balaban J connectivity index is 1.95. The van der Waals surface area contributed by atoms with E-state index < -0.39 is 0 Å². The number of alkyl halides is 1. The fraction of sp³-hybridized carbons (Fsp3) is 0.938. The van der Waals surface area contributed by atoms with Crippen molar-refractivity contribution in [3.05, 3.63) is 0 Å². The molecule has 3 rings (SSSR count). The Labute approximate surface area is 125 Å². The average molecular weight is 360 g/mol. The third-order valence-corrected chi connectivity index (χ3v) is 7.81. The second kappa shape index (κ2) is 4.75. The number of hydrogen-bond donors (Lipinski definition) is 0. The van der Waals surface area contributed by atoms with Crippen LogP contribution in [0.25, 0.3) is 0 Å². The van der Waals surface area contributed by atoms with E-state index in [0.717, 1.165) is 22.2 Å². The highest BCUT2D eigenvalue weighted by molar-refractivity contribution is 14.1. The lowest BCUT2D eigenvalue weighted by Gasteiger charge is -2.40. The minimum Gasteiger partial charge on any atom is -0.299 e. The molecule has 3 saturated carbocycles. The summed E-state index contributed by atoms with van der Waals surface area (Å²) in [4.78, 5) is 12.4. The molecule has 3 fully saturated rings. The average Bonchev–Trinajstić information content (AvgIpc) is 2.47. The molecule has 1 unspecified atom stereocenters. The Morgan fingerprint density at radius 2 is 1.61 bits per heavy atom. The van der Waals surface area contributed by atoms with Gasteiger partial charge in [0.15, 0.2) is 0 Å². The number of ketones is 1. The largest absolute Gasteiger partial charge is 0.299 e. The van der Waals surface area contributed by atoms with Crippen LogP contribution in [0.1, 0.15) is 58.8 Å². The van der Waals surface area contributed by atoms with Crippen LogP contribution >= 0.6 is 22.6 Å². The van der Waals surface area contributed by atoms with E-state index in [0.29, 0.717) is 17.6 Å². The maximum absolute atomic E-state index is 12.4. The van der Waals surface area contributed by atoms with Crippen molar-refractivity contribution in [2.24, 2.45) is 29.1 Å². The highest BCUT2D eigenvalue weighted by Crippen LogP contribution is 2.61. The summed E-state index contributed by atoms with van der Waals surface area (Å²) in [6.07, 6.45) is 9.31. The molecule has 0 aliphatic heterocycles. The molecule has 3 aliphatic carbocycles. The van der Waals surface area contributed by atoms with Crippen LogP contribution < -0.4 is 0 Å². The predicted octanol–water partition coefficient (Wildman–Crippen LogP) is 4.62. The van der Waals surface area contributed by atoms with Crippen molar-refractivity contribution >= 4 is 28.4 Å². The third kappa shape index (κ3) is 1.89. The lowest BCUT2D eigenvalue weighted by molar-refractivity contribution is -0.132. The molecule has 2 bridgehead atoms. The van der Waals surface area contributed by atoms with E-state index >= 15 is 0 Å². The predicted molar refractivity (Wildman–Crippen MR) is 82.9 cm³/mol. The first-order valence-electron chi connectivity index (χ1n) is 7.71. The van der Waals surface area contributed by atoms with Crippen molar-refractivity contribution < 1.29 is 4.79 Å². The second-order valence-corrected chi connectivity index (χ2v) is 8.74. The first-order chi connectivity index (χ1) is 8.53. The minimum atomic E-state index is -0.0546. The van der Waals surface area contributed by atoms with Crippen LogP contribution in [0.3, 0.4) is 0 Å². The molecule has 3 aliphatic rings. The lowest BCUT2D eigenvalue weighted by Crippen LogP contribution is -2.44. The number of carbonyl (C=O) groups excluding carboxylic acids is 1. The normalized spacial score (nSPS) is 47.3. The fourth-order valence-electron chi connectivity index (χ4n) is 5.12. The van der Waals surface area contributed by atoms with Gasteiger partial charge in [0.25, 0.3) is 0 Å². The van der Waals surface area contributed by atoms with Gasteiger partial charge in [0.2, 0.25) is 0 Å². The smallest absolute Gasteiger partial charge is 0.139 e. The van der Waals surface area contributed by atoms with Gasteiger partial charge < -0.3 is 0 Å². The zero-order chi connectivity index (χ0) is 12.9. The summed E-state index contributed by atoms with van der Waals surface area (Å²) in [5.74, 6) is 3.63. The van der Waals surface area contributed by atoms with Gasteiger partial charge in [-0.05, 0) is 36.5 Å².